The Balaban J connectivity index is 0.000000244. The number of carbonyl (C=O) groups excluding carboxylic acids is 3. The number of anilines is 4. The molecule has 6 rings (SSSR count). The van der Waals surface area contributed by atoms with Crippen LogP contribution in [0.1, 0.15) is 41.5 Å². The number of aromatic amines is 1. The Bertz CT molecular complexity index is 2280. The largest absolute Gasteiger partial charge is 0.443 e. The van der Waals surface area contributed by atoms with Gasteiger partial charge in [-0.05, 0) is 69.3 Å². The van der Waals surface area contributed by atoms with Crippen LogP contribution < -0.4 is 22.1 Å². The standard InChI is InChI=1S/C21H20F2N4O3.C16H12F2N4O.ClH/c1-21(2,3)30-20(29)27-17(11-25-19(27)24)12-5-4-6-16(9-12)26-18(28)13-7-14(22)10-15(23)8-13;17-11-4-10(5-12(18)7-11)15(23)21-13-3-1-2-9(6-13)14-8-20-16(19)22-14;/h4-11H,1-3H3,(H2,24,25)(H,26,28);1-8H,(H,21,23)(H3,19,20,22);1H. The van der Waals surface area contributed by atoms with Crippen LogP contribution in [0.15, 0.2) is 97.3 Å². The lowest BCUT2D eigenvalue weighted by molar-refractivity contribution is 0.0543. The molecular formula is C37H33ClF4N8O4. The van der Waals surface area contributed by atoms with E-state index in [1.54, 1.807) is 69.4 Å². The van der Waals surface area contributed by atoms with Gasteiger partial charge in [0.05, 0.1) is 23.8 Å². The highest BCUT2D eigenvalue weighted by molar-refractivity contribution is 6.05. The fraction of sp³-hybridized carbons (Fsp3) is 0.108. The molecule has 2 aromatic heterocycles. The second-order valence-corrected chi connectivity index (χ2v) is 12.4. The number of hydrogen-bond donors (Lipinski definition) is 5. The van der Waals surface area contributed by atoms with Gasteiger partial charge in [0.2, 0.25) is 5.95 Å². The van der Waals surface area contributed by atoms with E-state index in [9.17, 15) is 31.9 Å². The maximum absolute atomic E-state index is 13.4. The topological polar surface area (TPSA) is 183 Å². The van der Waals surface area contributed by atoms with Gasteiger partial charge in [0.15, 0.2) is 5.95 Å². The van der Waals surface area contributed by atoms with Gasteiger partial charge in [0.1, 0.15) is 28.9 Å². The van der Waals surface area contributed by atoms with Gasteiger partial charge < -0.3 is 31.8 Å². The van der Waals surface area contributed by atoms with E-state index in [1.807, 2.05) is 6.07 Å². The van der Waals surface area contributed by atoms with E-state index in [-0.39, 0.29) is 35.4 Å². The Kier molecular flexibility index (Phi) is 12.5. The molecule has 17 heteroatoms. The van der Waals surface area contributed by atoms with Crippen molar-refractivity contribution in [2.45, 2.75) is 26.4 Å². The van der Waals surface area contributed by atoms with Gasteiger partial charge in [-0.2, -0.15) is 0 Å². The smallest absolute Gasteiger partial charge is 0.421 e. The third-order valence-electron chi connectivity index (χ3n) is 7.06. The molecule has 2 amide bonds. The van der Waals surface area contributed by atoms with Crippen LogP contribution in [0.3, 0.4) is 0 Å². The van der Waals surface area contributed by atoms with Gasteiger partial charge >= 0.3 is 6.09 Å². The average molecular weight is 765 g/mol. The SMILES string of the molecule is CC(C)(C)OC(=O)n1c(-c2cccc(NC(=O)c3cc(F)cc(F)c3)c2)cnc1N.Cl.Nc1ncc(-c2cccc(NC(=O)c3cc(F)cc(F)c3)c2)[nH]1. The lowest BCUT2D eigenvalue weighted by atomic mass is 10.1. The number of amides is 2. The molecule has 6 aromatic rings. The van der Waals surface area contributed by atoms with Crippen molar-refractivity contribution in [2.75, 3.05) is 22.1 Å². The monoisotopic (exact) mass is 764 g/mol. The lowest BCUT2D eigenvalue weighted by Crippen LogP contribution is -2.28. The number of nitrogens with one attached hydrogen (secondary N) is 3. The normalized spacial score (nSPS) is 10.7. The number of nitrogens with two attached hydrogens (primary N) is 2. The number of H-pyrrole nitrogens is 1. The Labute approximate surface area is 312 Å². The summed E-state index contributed by atoms with van der Waals surface area (Å²) >= 11 is 0. The van der Waals surface area contributed by atoms with Crippen molar-refractivity contribution in [3.8, 4) is 22.5 Å². The zero-order chi connectivity index (χ0) is 38.4. The summed E-state index contributed by atoms with van der Waals surface area (Å²) < 4.78 is 59.6. The maximum atomic E-state index is 13.4. The predicted octanol–water partition coefficient (Wildman–Crippen LogP) is 8.06. The van der Waals surface area contributed by atoms with Gasteiger partial charge in [0, 0.05) is 45.8 Å². The molecule has 0 aliphatic carbocycles. The summed E-state index contributed by atoms with van der Waals surface area (Å²) in [7, 11) is 0. The van der Waals surface area contributed by atoms with Crippen LogP contribution in [0.2, 0.25) is 0 Å². The molecule has 2 heterocycles. The summed E-state index contributed by atoms with van der Waals surface area (Å²) in [5.74, 6) is -4.39. The molecule has 0 aliphatic heterocycles. The third-order valence-corrected chi connectivity index (χ3v) is 7.06. The summed E-state index contributed by atoms with van der Waals surface area (Å²) in [4.78, 5) is 47.7. The molecule has 4 aromatic carbocycles. The van der Waals surface area contributed by atoms with Crippen LogP contribution >= 0.6 is 12.4 Å². The van der Waals surface area contributed by atoms with Crippen LogP contribution in [-0.2, 0) is 4.74 Å². The van der Waals surface area contributed by atoms with Gasteiger partial charge in [-0.1, -0.05) is 24.3 Å². The molecule has 0 atom stereocenters. The number of hydrogen-bond acceptors (Lipinski definition) is 8. The molecule has 0 saturated heterocycles. The molecule has 0 bridgehead atoms. The van der Waals surface area contributed by atoms with Gasteiger partial charge in [-0.15, -0.1) is 12.4 Å². The summed E-state index contributed by atoms with van der Waals surface area (Å²) in [5, 5.41) is 5.16. The summed E-state index contributed by atoms with van der Waals surface area (Å²) in [6.07, 6.45) is 2.28. The number of rotatable bonds is 6. The van der Waals surface area contributed by atoms with Crippen LogP contribution in [0.5, 0.6) is 0 Å². The fourth-order valence-electron chi connectivity index (χ4n) is 4.85. The van der Waals surface area contributed by atoms with E-state index in [2.05, 4.69) is 25.6 Å². The number of imidazole rings is 2. The van der Waals surface area contributed by atoms with Gasteiger partial charge in [-0.3, -0.25) is 9.59 Å². The first kappa shape index (κ1) is 40.1. The Morgan fingerprint density at radius 1 is 0.704 bits per heavy atom. The number of benzene rings is 4. The highest BCUT2D eigenvalue weighted by Crippen LogP contribution is 2.27. The molecule has 0 fully saturated rings. The minimum atomic E-state index is -0.856. The number of nitrogens with zero attached hydrogens (tertiary/aromatic N) is 3. The highest BCUT2D eigenvalue weighted by atomic mass is 35.5. The Hall–Kier alpha value is -6.68. The van der Waals surface area contributed by atoms with Crippen LogP contribution in [0, 0.1) is 23.3 Å². The second-order valence-electron chi connectivity index (χ2n) is 12.4. The minimum absolute atomic E-state index is 0. The first-order valence-corrected chi connectivity index (χ1v) is 15.7. The van der Waals surface area contributed by atoms with Crippen molar-refractivity contribution in [2.24, 2.45) is 0 Å². The van der Waals surface area contributed by atoms with Crippen LogP contribution in [0.25, 0.3) is 22.5 Å². The molecule has 54 heavy (non-hydrogen) atoms. The number of carbonyl (C=O) groups is 3. The zero-order valence-corrected chi connectivity index (χ0v) is 29.6. The second kappa shape index (κ2) is 16.8. The Morgan fingerprint density at radius 2 is 1.19 bits per heavy atom. The molecule has 280 valence electrons. The summed E-state index contributed by atoms with van der Waals surface area (Å²) in [6.45, 7) is 5.18. The van der Waals surface area contributed by atoms with Crippen LogP contribution in [-0.4, -0.2) is 43.0 Å². The van der Waals surface area contributed by atoms with E-state index >= 15 is 0 Å². The summed E-state index contributed by atoms with van der Waals surface area (Å²) in [5.41, 5.74) is 13.5. The molecule has 0 saturated carbocycles. The van der Waals surface area contributed by atoms with Gasteiger partial charge in [-0.25, -0.2) is 36.9 Å². The molecule has 0 radical (unpaired) electrons. The van der Waals surface area contributed by atoms with Gasteiger partial charge in [0.25, 0.3) is 11.8 Å². The number of nitrogen functional groups attached to an aromatic ring is 2. The number of aromatic nitrogens is 4. The number of ether oxygens (including phenoxy) is 1. The van der Waals surface area contributed by atoms with E-state index < -0.39 is 46.8 Å². The van der Waals surface area contributed by atoms with Crippen molar-refractivity contribution in [1.29, 1.82) is 0 Å². The third kappa shape index (κ3) is 10.4. The maximum Gasteiger partial charge on any atom is 0.421 e. The lowest BCUT2D eigenvalue weighted by Gasteiger charge is -2.20. The van der Waals surface area contributed by atoms with Crippen LogP contribution in [0.4, 0.5) is 45.6 Å². The molecule has 0 aliphatic rings. The van der Waals surface area contributed by atoms with Crippen molar-refractivity contribution < 1.29 is 36.7 Å². The summed E-state index contributed by atoms with van der Waals surface area (Å²) in [6, 6.07) is 18.6. The number of halogens is 5. The first-order valence-electron chi connectivity index (χ1n) is 15.7. The predicted molar refractivity (Wildman–Crippen MR) is 198 cm³/mol. The highest BCUT2D eigenvalue weighted by Gasteiger charge is 2.23. The molecule has 7 N–H and O–H groups in total. The molecule has 0 unspecified atom stereocenters. The molecular weight excluding hydrogens is 732 g/mol. The minimum Gasteiger partial charge on any atom is -0.443 e. The quantitative estimate of drug-likeness (QED) is 0.106. The Morgan fingerprint density at radius 3 is 1.65 bits per heavy atom. The first-order chi connectivity index (χ1) is 25.0. The van der Waals surface area contributed by atoms with E-state index in [0.29, 0.717) is 40.5 Å². The van der Waals surface area contributed by atoms with E-state index in [1.165, 1.54) is 6.20 Å². The zero-order valence-electron chi connectivity index (χ0n) is 28.8. The molecule has 12 nitrogen and oxygen atoms in total. The fourth-order valence-corrected chi connectivity index (χ4v) is 4.85. The van der Waals surface area contributed by atoms with Crippen molar-refractivity contribution >= 4 is 53.6 Å². The van der Waals surface area contributed by atoms with E-state index in [0.717, 1.165) is 34.4 Å². The average Bonchev–Trinajstić information content (AvgIpc) is 3.69. The van der Waals surface area contributed by atoms with E-state index in [4.69, 9.17) is 16.2 Å². The van der Waals surface area contributed by atoms with Crippen molar-refractivity contribution in [1.82, 2.24) is 19.5 Å². The van der Waals surface area contributed by atoms with Crippen molar-refractivity contribution in [3.63, 3.8) is 0 Å². The molecule has 0 spiro atoms. The van der Waals surface area contributed by atoms with Crippen molar-refractivity contribution in [3.05, 3.63) is 132 Å².